The van der Waals surface area contributed by atoms with Crippen molar-refractivity contribution in [1.82, 2.24) is 0 Å². The number of esters is 1. The van der Waals surface area contributed by atoms with Crippen molar-refractivity contribution < 1.29 is 19.1 Å². The van der Waals surface area contributed by atoms with Gasteiger partial charge in [0, 0.05) is 17.7 Å². The number of nitrogens with one attached hydrogen (secondary N) is 1. The van der Waals surface area contributed by atoms with Crippen molar-refractivity contribution in [2.45, 2.75) is 33.6 Å². The lowest BCUT2D eigenvalue weighted by Crippen LogP contribution is -2.21. The highest BCUT2D eigenvalue weighted by Gasteiger charge is 2.14. The van der Waals surface area contributed by atoms with Gasteiger partial charge in [-0.1, -0.05) is 19.9 Å². The molecule has 1 amide bonds. The topological polar surface area (TPSA) is 64.6 Å². The summed E-state index contributed by atoms with van der Waals surface area (Å²) < 4.78 is 10.1. The van der Waals surface area contributed by atoms with Crippen molar-refractivity contribution in [3.63, 3.8) is 0 Å². The molecule has 0 radical (unpaired) electrons. The maximum Gasteiger partial charge on any atom is 0.344 e. The standard InChI is InChI=1S/C16H23NO4/c1-4-12(5-2)16(19)17-13-8-7-9-14(10-13)21-11-15(18)20-6-3/h7-10,12H,4-6,11H2,1-3H3,(H,17,19). The van der Waals surface area contributed by atoms with Gasteiger partial charge in [0.15, 0.2) is 6.61 Å². The fraction of sp³-hybridized carbons (Fsp3) is 0.500. The highest BCUT2D eigenvalue weighted by molar-refractivity contribution is 5.92. The molecule has 1 N–H and O–H groups in total. The van der Waals surface area contributed by atoms with Crippen LogP contribution in [-0.2, 0) is 14.3 Å². The Morgan fingerprint density at radius 1 is 1.19 bits per heavy atom. The zero-order chi connectivity index (χ0) is 15.7. The molecule has 0 heterocycles. The summed E-state index contributed by atoms with van der Waals surface area (Å²) in [5, 5.41) is 2.86. The molecule has 0 spiro atoms. The van der Waals surface area contributed by atoms with E-state index in [4.69, 9.17) is 9.47 Å². The van der Waals surface area contributed by atoms with Crippen molar-refractivity contribution >= 4 is 17.6 Å². The van der Waals surface area contributed by atoms with Gasteiger partial charge in [0.2, 0.25) is 5.91 Å². The minimum atomic E-state index is -0.413. The molecule has 0 saturated carbocycles. The van der Waals surface area contributed by atoms with Crippen molar-refractivity contribution in [1.29, 1.82) is 0 Å². The largest absolute Gasteiger partial charge is 0.482 e. The van der Waals surface area contributed by atoms with Gasteiger partial charge in [-0.05, 0) is 31.9 Å². The van der Waals surface area contributed by atoms with E-state index >= 15 is 0 Å². The summed E-state index contributed by atoms with van der Waals surface area (Å²) in [5.41, 5.74) is 0.660. The van der Waals surface area contributed by atoms with Crippen LogP contribution in [0.5, 0.6) is 5.75 Å². The molecule has 0 aliphatic carbocycles. The summed E-state index contributed by atoms with van der Waals surface area (Å²) in [6.45, 7) is 5.91. The molecule has 1 aromatic carbocycles. The zero-order valence-electron chi connectivity index (χ0n) is 12.8. The molecule has 21 heavy (non-hydrogen) atoms. The van der Waals surface area contributed by atoms with Crippen LogP contribution in [0, 0.1) is 5.92 Å². The number of hydrogen-bond acceptors (Lipinski definition) is 4. The van der Waals surface area contributed by atoms with E-state index < -0.39 is 5.97 Å². The maximum atomic E-state index is 12.0. The van der Waals surface area contributed by atoms with Crippen LogP contribution in [0.15, 0.2) is 24.3 Å². The summed E-state index contributed by atoms with van der Waals surface area (Å²) in [6, 6.07) is 6.98. The van der Waals surface area contributed by atoms with Crippen LogP contribution in [-0.4, -0.2) is 25.1 Å². The van der Waals surface area contributed by atoms with E-state index in [0.717, 1.165) is 12.8 Å². The fourth-order valence-electron chi connectivity index (χ4n) is 1.91. The molecule has 0 atom stereocenters. The molecule has 116 valence electrons. The molecule has 5 heteroatoms. The summed E-state index contributed by atoms with van der Waals surface area (Å²) in [5.74, 6) is 0.117. The Morgan fingerprint density at radius 2 is 1.90 bits per heavy atom. The number of carbonyl (C=O) groups excluding carboxylic acids is 2. The number of benzene rings is 1. The van der Waals surface area contributed by atoms with E-state index in [1.165, 1.54) is 0 Å². The monoisotopic (exact) mass is 293 g/mol. The Hall–Kier alpha value is -2.04. The Morgan fingerprint density at radius 3 is 2.52 bits per heavy atom. The van der Waals surface area contributed by atoms with Gasteiger partial charge in [0.1, 0.15) is 5.75 Å². The molecule has 0 aliphatic heterocycles. The van der Waals surface area contributed by atoms with Gasteiger partial charge in [-0.15, -0.1) is 0 Å². The van der Waals surface area contributed by atoms with Crippen LogP contribution >= 0.6 is 0 Å². The molecule has 0 fully saturated rings. The molecule has 5 nitrogen and oxygen atoms in total. The molecule has 0 aliphatic rings. The number of hydrogen-bond donors (Lipinski definition) is 1. The average molecular weight is 293 g/mol. The van der Waals surface area contributed by atoms with Crippen LogP contribution in [0.2, 0.25) is 0 Å². The molecular formula is C16H23NO4. The molecule has 1 aromatic rings. The SMILES string of the molecule is CCOC(=O)COc1cccc(NC(=O)C(CC)CC)c1. The predicted octanol–water partition coefficient (Wildman–Crippen LogP) is 3.00. The highest BCUT2D eigenvalue weighted by atomic mass is 16.6. The first-order chi connectivity index (χ1) is 10.1. The van der Waals surface area contributed by atoms with Crippen molar-refractivity contribution in [2.75, 3.05) is 18.5 Å². The van der Waals surface area contributed by atoms with Gasteiger partial charge in [0.05, 0.1) is 6.61 Å². The molecule has 1 rings (SSSR count). The van der Waals surface area contributed by atoms with Crippen LogP contribution in [0.3, 0.4) is 0 Å². The third-order valence-corrected chi connectivity index (χ3v) is 3.12. The van der Waals surface area contributed by atoms with E-state index in [-0.39, 0.29) is 18.4 Å². The van der Waals surface area contributed by atoms with Crippen LogP contribution in [0.25, 0.3) is 0 Å². The number of anilines is 1. The summed E-state index contributed by atoms with van der Waals surface area (Å²) in [7, 11) is 0. The van der Waals surface area contributed by atoms with E-state index in [9.17, 15) is 9.59 Å². The lowest BCUT2D eigenvalue weighted by atomic mass is 10.0. The minimum Gasteiger partial charge on any atom is -0.482 e. The second-order valence-corrected chi connectivity index (χ2v) is 4.62. The summed E-state index contributed by atoms with van der Waals surface area (Å²) in [6.07, 6.45) is 1.61. The first-order valence-electron chi connectivity index (χ1n) is 7.30. The summed E-state index contributed by atoms with van der Waals surface area (Å²) in [4.78, 5) is 23.2. The molecule has 0 saturated heterocycles. The van der Waals surface area contributed by atoms with Crippen molar-refractivity contribution in [2.24, 2.45) is 5.92 Å². The van der Waals surface area contributed by atoms with Crippen LogP contribution in [0.4, 0.5) is 5.69 Å². The lowest BCUT2D eigenvalue weighted by molar-refractivity contribution is -0.145. The third-order valence-electron chi connectivity index (χ3n) is 3.12. The zero-order valence-corrected chi connectivity index (χ0v) is 12.8. The third kappa shape index (κ3) is 5.85. The van der Waals surface area contributed by atoms with Gasteiger partial charge in [-0.25, -0.2) is 4.79 Å². The number of ether oxygens (including phenoxy) is 2. The number of amides is 1. The Bertz CT molecular complexity index is 469. The quantitative estimate of drug-likeness (QED) is 0.748. The van der Waals surface area contributed by atoms with E-state index in [0.29, 0.717) is 18.0 Å². The van der Waals surface area contributed by atoms with Gasteiger partial charge in [0.25, 0.3) is 0 Å². The Balaban J connectivity index is 2.59. The van der Waals surface area contributed by atoms with Gasteiger partial charge >= 0.3 is 5.97 Å². The fourth-order valence-corrected chi connectivity index (χ4v) is 1.91. The molecular weight excluding hydrogens is 270 g/mol. The van der Waals surface area contributed by atoms with Crippen molar-refractivity contribution in [3.05, 3.63) is 24.3 Å². The van der Waals surface area contributed by atoms with Gasteiger partial charge in [-0.3, -0.25) is 4.79 Å². The number of carbonyl (C=O) groups is 2. The average Bonchev–Trinajstić information content (AvgIpc) is 2.47. The summed E-state index contributed by atoms with van der Waals surface area (Å²) >= 11 is 0. The lowest BCUT2D eigenvalue weighted by Gasteiger charge is -2.13. The van der Waals surface area contributed by atoms with E-state index in [2.05, 4.69) is 5.32 Å². The van der Waals surface area contributed by atoms with Crippen LogP contribution < -0.4 is 10.1 Å². The van der Waals surface area contributed by atoms with E-state index in [1.807, 2.05) is 13.8 Å². The minimum absolute atomic E-state index is 0.00235. The Labute approximate surface area is 125 Å². The second-order valence-electron chi connectivity index (χ2n) is 4.62. The number of rotatable bonds is 8. The predicted molar refractivity (Wildman–Crippen MR) is 81.3 cm³/mol. The first-order valence-corrected chi connectivity index (χ1v) is 7.30. The van der Waals surface area contributed by atoms with Gasteiger partial charge in [-0.2, -0.15) is 0 Å². The first kappa shape index (κ1) is 17.0. The normalized spacial score (nSPS) is 10.3. The molecule has 0 bridgehead atoms. The van der Waals surface area contributed by atoms with E-state index in [1.54, 1.807) is 31.2 Å². The van der Waals surface area contributed by atoms with Crippen LogP contribution in [0.1, 0.15) is 33.6 Å². The second kappa shape index (κ2) is 9.00. The Kier molecular flexibility index (Phi) is 7.29. The van der Waals surface area contributed by atoms with Gasteiger partial charge < -0.3 is 14.8 Å². The highest BCUT2D eigenvalue weighted by Crippen LogP contribution is 2.19. The molecule has 0 unspecified atom stereocenters. The van der Waals surface area contributed by atoms with Crippen molar-refractivity contribution in [3.8, 4) is 5.75 Å². The smallest absolute Gasteiger partial charge is 0.344 e. The maximum absolute atomic E-state index is 12.0. The molecule has 0 aromatic heterocycles.